The van der Waals surface area contributed by atoms with E-state index in [0.29, 0.717) is 19.8 Å². The lowest BCUT2D eigenvalue weighted by Gasteiger charge is -2.46. The standard InChI is InChI=1S/C39H76O13/c1-3-5-7-9-11-13-15-17-19-21-23-47-27-29(48-24-22-20-18-16-14-12-10-8-6-4-2)28-49-38-36(46)34(44)37(31(26-41)51-38)52-39-35(45)33(43)32(42)30(25-40)50-39/h29-46H,3-28H2,1-2H3/t29?,30-,31-,32-,33+,34-,35-,36-,37-,38-,39-/m1/s1. The SMILES string of the molecule is CCCCCCCCCCCCOCC(CO[C@@H]1O[C@H](CO)[C@@H](O[C@H]2O[C@H](CO)[C@@H](O)[C@H](O)[C@H]2O)[C@H](O)[C@H]1O)OCCCCCCCCCCCC. The molecule has 0 aromatic heterocycles. The second-order valence-electron chi connectivity index (χ2n) is 14.8. The summed E-state index contributed by atoms with van der Waals surface area (Å²) in [6.45, 7) is 4.64. The highest BCUT2D eigenvalue weighted by Crippen LogP contribution is 2.29. The minimum absolute atomic E-state index is 0.0145. The maximum Gasteiger partial charge on any atom is 0.187 e. The summed E-state index contributed by atoms with van der Waals surface area (Å²) in [5.74, 6) is 0. The fourth-order valence-electron chi connectivity index (χ4n) is 6.79. The van der Waals surface area contributed by atoms with Crippen molar-refractivity contribution in [2.24, 2.45) is 0 Å². The molecule has 0 aromatic carbocycles. The highest BCUT2D eigenvalue weighted by Gasteiger charge is 2.50. The Morgan fingerprint density at radius 3 is 1.46 bits per heavy atom. The van der Waals surface area contributed by atoms with E-state index in [1.807, 2.05) is 0 Å². The van der Waals surface area contributed by atoms with Gasteiger partial charge in [0.15, 0.2) is 12.6 Å². The van der Waals surface area contributed by atoms with E-state index in [-0.39, 0.29) is 6.61 Å². The molecule has 0 amide bonds. The molecule has 2 fully saturated rings. The molecule has 13 heteroatoms. The summed E-state index contributed by atoms with van der Waals surface area (Å²) < 4.78 is 34.9. The van der Waals surface area contributed by atoms with Crippen molar-refractivity contribution in [1.29, 1.82) is 0 Å². The minimum atomic E-state index is -1.73. The summed E-state index contributed by atoms with van der Waals surface area (Å²) in [6, 6.07) is 0. The topological polar surface area (TPSA) is 197 Å². The van der Waals surface area contributed by atoms with Gasteiger partial charge in [-0.1, -0.05) is 129 Å². The average Bonchev–Trinajstić information content (AvgIpc) is 3.15. The second kappa shape index (κ2) is 29.7. The van der Waals surface area contributed by atoms with Crippen molar-refractivity contribution < 1.29 is 64.2 Å². The van der Waals surface area contributed by atoms with Gasteiger partial charge in [-0.15, -0.1) is 0 Å². The molecule has 11 atom stereocenters. The Balaban J connectivity index is 1.82. The van der Waals surface area contributed by atoms with Crippen molar-refractivity contribution in [3.63, 3.8) is 0 Å². The van der Waals surface area contributed by atoms with Crippen LogP contribution in [0.4, 0.5) is 0 Å². The van der Waals surface area contributed by atoms with Crippen LogP contribution in [0.3, 0.4) is 0 Å². The molecule has 0 radical (unpaired) electrons. The molecule has 2 saturated heterocycles. The van der Waals surface area contributed by atoms with Crippen LogP contribution in [-0.4, -0.2) is 143 Å². The van der Waals surface area contributed by atoms with Crippen LogP contribution >= 0.6 is 0 Å². The maximum atomic E-state index is 11.0. The molecule has 310 valence electrons. The van der Waals surface area contributed by atoms with Crippen LogP contribution in [-0.2, 0) is 28.4 Å². The van der Waals surface area contributed by atoms with Crippen LogP contribution in [0.15, 0.2) is 0 Å². The Morgan fingerprint density at radius 1 is 0.481 bits per heavy atom. The Labute approximate surface area is 313 Å². The van der Waals surface area contributed by atoms with Gasteiger partial charge in [0.2, 0.25) is 0 Å². The van der Waals surface area contributed by atoms with Crippen molar-refractivity contribution in [2.75, 3.05) is 39.6 Å². The van der Waals surface area contributed by atoms with Crippen LogP contribution in [0.5, 0.6) is 0 Å². The van der Waals surface area contributed by atoms with E-state index >= 15 is 0 Å². The summed E-state index contributed by atoms with van der Waals surface area (Å²) in [5.41, 5.74) is 0. The number of rotatable bonds is 32. The first-order chi connectivity index (χ1) is 25.3. The zero-order chi connectivity index (χ0) is 38.0. The van der Waals surface area contributed by atoms with Gasteiger partial charge in [-0.2, -0.15) is 0 Å². The zero-order valence-electron chi connectivity index (χ0n) is 32.3. The zero-order valence-corrected chi connectivity index (χ0v) is 32.3. The highest BCUT2D eigenvalue weighted by atomic mass is 16.7. The molecule has 2 rings (SSSR count). The summed E-state index contributed by atoms with van der Waals surface area (Å²) in [5, 5.41) is 72.0. The van der Waals surface area contributed by atoms with E-state index in [2.05, 4.69) is 13.8 Å². The molecular weight excluding hydrogens is 676 g/mol. The summed E-state index contributed by atoms with van der Waals surface area (Å²) >= 11 is 0. The van der Waals surface area contributed by atoms with Gasteiger partial charge >= 0.3 is 0 Å². The molecule has 2 heterocycles. The van der Waals surface area contributed by atoms with E-state index in [1.54, 1.807) is 0 Å². The quantitative estimate of drug-likeness (QED) is 0.0490. The molecule has 0 spiro atoms. The Morgan fingerprint density at radius 2 is 0.942 bits per heavy atom. The van der Waals surface area contributed by atoms with E-state index in [9.17, 15) is 35.7 Å². The van der Waals surface area contributed by atoms with Crippen molar-refractivity contribution in [2.45, 2.75) is 210 Å². The number of hydrogen-bond donors (Lipinski definition) is 7. The number of hydrogen-bond acceptors (Lipinski definition) is 13. The smallest absolute Gasteiger partial charge is 0.187 e. The molecule has 2 aliphatic rings. The van der Waals surface area contributed by atoms with Crippen molar-refractivity contribution in [3.05, 3.63) is 0 Å². The molecule has 0 bridgehead atoms. The molecule has 0 aromatic rings. The average molecular weight is 753 g/mol. The van der Waals surface area contributed by atoms with Gasteiger partial charge < -0.3 is 64.2 Å². The van der Waals surface area contributed by atoms with Crippen molar-refractivity contribution >= 4 is 0 Å². The van der Waals surface area contributed by atoms with Crippen molar-refractivity contribution in [3.8, 4) is 0 Å². The third-order valence-corrected chi connectivity index (χ3v) is 10.2. The number of unbranched alkanes of at least 4 members (excludes halogenated alkanes) is 18. The molecule has 13 nitrogen and oxygen atoms in total. The molecule has 7 N–H and O–H groups in total. The van der Waals surface area contributed by atoms with Gasteiger partial charge in [-0.3, -0.25) is 0 Å². The molecule has 0 aliphatic carbocycles. The molecular formula is C39H76O13. The minimum Gasteiger partial charge on any atom is -0.394 e. The summed E-state index contributed by atoms with van der Waals surface area (Å²) in [7, 11) is 0. The van der Waals surface area contributed by atoms with Gasteiger partial charge in [0.1, 0.15) is 54.9 Å². The third-order valence-electron chi connectivity index (χ3n) is 10.2. The molecule has 1 unspecified atom stereocenters. The van der Waals surface area contributed by atoms with E-state index in [1.165, 1.54) is 103 Å². The van der Waals surface area contributed by atoms with E-state index in [0.717, 1.165) is 25.7 Å². The normalized spacial score (nSPS) is 30.2. The fourth-order valence-corrected chi connectivity index (χ4v) is 6.79. The van der Waals surface area contributed by atoms with Crippen LogP contribution in [0.25, 0.3) is 0 Å². The monoisotopic (exact) mass is 753 g/mol. The number of ether oxygens (including phenoxy) is 6. The second-order valence-corrected chi connectivity index (χ2v) is 14.8. The summed E-state index contributed by atoms with van der Waals surface area (Å²) in [4.78, 5) is 0. The largest absolute Gasteiger partial charge is 0.394 e. The Kier molecular flexibility index (Phi) is 27.2. The number of aliphatic hydroxyl groups is 7. The van der Waals surface area contributed by atoms with E-state index in [4.69, 9.17) is 28.4 Å². The first kappa shape index (κ1) is 47.6. The van der Waals surface area contributed by atoms with Gasteiger partial charge in [0, 0.05) is 13.2 Å². The van der Waals surface area contributed by atoms with Gasteiger partial charge in [-0.05, 0) is 12.8 Å². The number of aliphatic hydroxyl groups excluding tert-OH is 7. The highest BCUT2D eigenvalue weighted by molar-refractivity contribution is 4.94. The van der Waals surface area contributed by atoms with Gasteiger partial charge in [0.05, 0.1) is 26.4 Å². The Bertz CT molecular complexity index is 821. The lowest BCUT2D eigenvalue weighted by atomic mass is 9.97. The van der Waals surface area contributed by atoms with Crippen LogP contribution in [0.1, 0.15) is 142 Å². The maximum absolute atomic E-state index is 11.0. The first-order valence-electron chi connectivity index (χ1n) is 20.7. The van der Waals surface area contributed by atoms with Crippen LogP contribution in [0, 0.1) is 0 Å². The van der Waals surface area contributed by atoms with Gasteiger partial charge in [0.25, 0.3) is 0 Å². The Hall–Kier alpha value is -0.520. The molecule has 52 heavy (non-hydrogen) atoms. The third kappa shape index (κ3) is 18.4. The predicted molar refractivity (Wildman–Crippen MR) is 197 cm³/mol. The summed E-state index contributed by atoms with van der Waals surface area (Å²) in [6.07, 6.45) is 9.15. The van der Waals surface area contributed by atoms with E-state index < -0.39 is 80.7 Å². The van der Waals surface area contributed by atoms with Crippen LogP contribution in [0.2, 0.25) is 0 Å². The lowest BCUT2D eigenvalue weighted by Crippen LogP contribution is -2.64. The van der Waals surface area contributed by atoms with Gasteiger partial charge in [-0.25, -0.2) is 0 Å². The van der Waals surface area contributed by atoms with Crippen LogP contribution < -0.4 is 0 Å². The lowest BCUT2D eigenvalue weighted by molar-refractivity contribution is -0.360. The van der Waals surface area contributed by atoms with Crippen molar-refractivity contribution in [1.82, 2.24) is 0 Å². The fraction of sp³-hybridized carbons (Fsp3) is 1.00. The molecule has 2 aliphatic heterocycles. The first-order valence-corrected chi connectivity index (χ1v) is 20.7. The molecule has 0 saturated carbocycles. The predicted octanol–water partition coefficient (Wildman–Crippen LogP) is 3.87.